The van der Waals surface area contributed by atoms with Crippen molar-refractivity contribution in [3.63, 3.8) is 0 Å². The number of nitrogens with zero attached hydrogens (tertiary/aromatic N) is 2. The minimum atomic E-state index is -4.37. The number of aliphatic hydroxyl groups is 1. The van der Waals surface area contributed by atoms with Crippen LogP contribution in [0, 0.1) is 13.8 Å². The van der Waals surface area contributed by atoms with E-state index < -0.39 is 17.8 Å². The summed E-state index contributed by atoms with van der Waals surface area (Å²) in [6, 6.07) is 4.53. The fraction of sp³-hybridized carbons (Fsp3) is 0.357. The van der Waals surface area contributed by atoms with Gasteiger partial charge in [0.2, 0.25) is 0 Å². The summed E-state index contributed by atoms with van der Waals surface area (Å²) >= 11 is 0. The minimum absolute atomic E-state index is 0.414. The zero-order chi connectivity index (χ0) is 15.1. The highest BCUT2D eigenvalue weighted by Crippen LogP contribution is 2.32. The Kier molecular flexibility index (Phi) is 3.60. The Hall–Kier alpha value is -1.82. The molecule has 0 spiro atoms. The van der Waals surface area contributed by atoms with E-state index in [1.165, 1.54) is 12.1 Å². The zero-order valence-electron chi connectivity index (χ0n) is 11.4. The molecular formula is C14H15F3N2O. The van der Waals surface area contributed by atoms with Gasteiger partial charge in [0.15, 0.2) is 0 Å². The fourth-order valence-corrected chi connectivity index (χ4v) is 2.21. The predicted molar refractivity (Wildman–Crippen MR) is 68.2 cm³/mol. The van der Waals surface area contributed by atoms with Crippen LogP contribution in [0.2, 0.25) is 0 Å². The van der Waals surface area contributed by atoms with E-state index in [4.69, 9.17) is 0 Å². The molecule has 0 radical (unpaired) electrons. The summed E-state index contributed by atoms with van der Waals surface area (Å²) in [5, 5.41) is 14.5. The van der Waals surface area contributed by atoms with Crippen molar-refractivity contribution in [2.24, 2.45) is 7.05 Å². The Labute approximate surface area is 114 Å². The lowest BCUT2D eigenvalue weighted by molar-refractivity contribution is -0.137. The Morgan fingerprint density at radius 3 is 2.10 bits per heavy atom. The first-order valence-electron chi connectivity index (χ1n) is 6.07. The molecule has 0 aliphatic heterocycles. The zero-order valence-corrected chi connectivity index (χ0v) is 11.4. The second-order valence-corrected chi connectivity index (χ2v) is 4.73. The molecule has 0 bridgehead atoms. The van der Waals surface area contributed by atoms with Crippen LogP contribution in [0.1, 0.15) is 34.2 Å². The van der Waals surface area contributed by atoms with Crippen molar-refractivity contribution in [3.8, 4) is 0 Å². The number of aryl methyl sites for hydroxylation is 2. The van der Waals surface area contributed by atoms with Crippen LogP contribution in [0.25, 0.3) is 0 Å². The van der Waals surface area contributed by atoms with E-state index in [1.54, 1.807) is 18.7 Å². The number of rotatable bonds is 2. The van der Waals surface area contributed by atoms with Crippen molar-refractivity contribution in [3.05, 3.63) is 52.3 Å². The van der Waals surface area contributed by atoms with Crippen LogP contribution >= 0.6 is 0 Å². The molecule has 1 aromatic carbocycles. The third kappa shape index (κ3) is 2.56. The summed E-state index contributed by atoms with van der Waals surface area (Å²) in [5.74, 6) is 0. The van der Waals surface area contributed by atoms with Gasteiger partial charge in [0.25, 0.3) is 0 Å². The average Bonchev–Trinajstić information content (AvgIpc) is 2.62. The highest BCUT2D eigenvalue weighted by atomic mass is 19.4. The summed E-state index contributed by atoms with van der Waals surface area (Å²) < 4.78 is 39.1. The van der Waals surface area contributed by atoms with Gasteiger partial charge in [0.05, 0.1) is 11.3 Å². The molecule has 1 aromatic heterocycles. The van der Waals surface area contributed by atoms with Gasteiger partial charge in [0, 0.05) is 18.3 Å². The van der Waals surface area contributed by atoms with Crippen LogP contribution < -0.4 is 0 Å². The maximum atomic E-state index is 12.5. The normalized spacial score (nSPS) is 13.6. The largest absolute Gasteiger partial charge is 0.416 e. The molecule has 0 saturated carbocycles. The minimum Gasteiger partial charge on any atom is -0.384 e. The van der Waals surface area contributed by atoms with Crippen molar-refractivity contribution in [1.29, 1.82) is 0 Å². The first kappa shape index (κ1) is 14.6. The molecule has 20 heavy (non-hydrogen) atoms. The topological polar surface area (TPSA) is 38.0 Å². The lowest BCUT2D eigenvalue weighted by Crippen LogP contribution is -2.07. The molecule has 0 amide bonds. The predicted octanol–water partition coefficient (Wildman–Crippen LogP) is 3.14. The maximum absolute atomic E-state index is 12.5. The van der Waals surface area contributed by atoms with Gasteiger partial charge < -0.3 is 5.11 Å². The molecule has 0 saturated heterocycles. The van der Waals surface area contributed by atoms with Crippen molar-refractivity contribution in [2.45, 2.75) is 26.1 Å². The van der Waals surface area contributed by atoms with Gasteiger partial charge in [-0.2, -0.15) is 18.3 Å². The quantitative estimate of drug-likeness (QED) is 0.920. The van der Waals surface area contributed by atoms with E-state index >= 15 is 0 Å². The summed E-state index contributed by atoms with van der Waals surface area (Å²) in [5.41, 5.74) is 1.77. The Morgan fingerprint density at radius 2 is 1.70 bits per heavy atom. The van der Waals surface area contributed by atoms with E-state index in [0.717, 1.165) is 17.8 Å². The second-order valence-electron chi connectivity index (χ2n) is 4.73. The molecule has 0 aliphatic rings. The molecule has 6 heteroatoms. The van der Waals surface area contributed by atoms with Crippen molar-refractivity contribution in [2.75, 3.05) is 0 Å². The van der Waals surface area contributed by atoms with Gasteiger partial charge in [-0.1, -0.05) is 12.1 Å². The molecular weight excluding hydrogens is 269 g/mol. The van der Waals surface area contributed by atoms with Crippen molar-refractivity contribution in [1.82, 2.24) is 9.78 Å². The summed E-state index contributed by atoms with van der Waals surface area (Å²) in [6.07, 6.45) is -5.35. The van der Waals surface area contributed by atoms with Gasteiger partial charge in [-0.25, -0.2) is 0 Å². The molecule has 108 valence electrons. The molecule has 0 fully saturated rings. The second kappa shape index (κ2) is 4.94. The highest BCUT2D eigenvalue weighted by Gasteiger charge is 2.30. The molecule has 1 N–H and O–H groups in total. The number of benzene rings is 1. The van der Waals surface area contributed by atoms with Crippen molar-refractivity contribution < 1.29 is 18.3 Å². The standard InChI is InChI=1S/C14H15F3N2O/c1-8-12(9(2)19(3)18-8)13(20)10-4-6-11(7-5-10)14(15,16)17/h4-7,13,20H,1-3H3. The lowest BCUT2D eigenvalue weighted by atomic mass is 9.99. The number of aliphatic hydroxyl groups excluding tert-OH is 1. The third-order valence-corrected chi connectivity index (χ3v) is 3.39. The van der Waals surface area contributed by atoms with E-state index in [1.807, 2.05) is 6.92 Å². The molecule has 1 atom stereocenters. The SMILES string of the molecule is Cc1nn(C)c(C)c1C(O)c1ccc(C(F)(F)F)cc1. The summed E-state index contributed by atoms with van der Waals surface area (Å²) in [6.45, 7) is 3.57. The molecule has 1 unspecified atom stereocenters. The number of halogens is 3. The fourth-order valence-electron chi connectivity index (χ4n) is 2.21. The van der Waals surface area contributed by atoms with Crippen LogP contribution in [0.4, 0.5) is 13.2 Å². The van der Waals surface area contributed by atoms with Gasteiger partial charge in [-0.3, -0.25) is 4.68 Å². The molecule has 2 rings (SSSR count). The van der Waals surface area contributed by atoms with Crippen LogP contribution in [-0.4, -0.2) is 14.9 Å². The first-order chi connectivity index (χ1) is 9.21. The molecule has 3 nitrogen and oxygen atoms in total. The summed E-state index contributed by atoms with van der Waals surface area (Å²) in [4.78, 5) is 0. The van der Waals surface area contributed by atoms with E-state index in [9.17, 15) is 18.3 Å². The van der Waals surface area contributed by atoms with Gasteiger partial charge >= 0.3 is 6.18 Å². The third-order valence-electron chi connectivity index (χ3n) is 3.39. The Morgan fingerprint density at radius 1 is 1.15 bits per heavy atom. The van der Waals surface area contributed by atoms with Crippen LogP contribution in [-0.2, 0) is 13.2 Å². The average molecular weight is 284 g/mol. The number of aromatic nitrogens is 2. The molecule has 0 aliphatic carbocycles. The smallest absolute Gasteiger partial charge is 0.384 e. The Bertz CT molecular complexity index is 615. The number of alkyl halides is 3. The molecule has 1 heterocycles. The summed E-state index contributed by atoms with van der Waals surface area (Å²) in [7, 11) is 1.76. The van der Waals surface area contributed by atoms with Crippen LogP contribution in [0.3, 0.4) is 0 Å². The highest BCUT2D eigenvalue weighted by molar-refractivity contribution is 5.36. The number of hydrogen-bond acceptors (Lipinski definition) is 2. The lowest BCUT2D eigenvalue weighted by Gasteiger charge is -2.13. The van der Waals surface area contributed by atoms with E-state index in [-0.39, 0.29) is 0 Å². The van der Waals surface area contributed by atoms with Crippen molar-refractivity contribution >= 4 is 0 Å². The van der Waals surface area contributed by atoms with Crippen LogP contribution in [0.15, 0.2) is 24.3 Å². The molecule has 2 aromatic rings. The van der Waals surface area contributed by atoms with Gasteiger partial charge in [0.1, 0.15) is 6.10 Å². The van der Waals surface area contributed by atoms with Gasteiger partial charge in [-0.05, 0) is 31.5 Å². The van der Waals surface area contributed by atoms with Crippen LogP contribution in [0.5, 0.6) is 0 Å². The maximum Gasteiger partial charge on any atom is 0.416 e. The van der Waals surface area contributed by atoms with E-state index in [0.29, 0.717) is 16.8 Å². The first-order valence-corrected chi connectivity index (χ1v) is 6.07. The monoisotopic (exact) mass is 284 g/mol. The Balaban J connectivity index is 2.37. The van der Waals surface area contributed by atoms with E-state index in [2.05, 4.69) is 5.10 Å². The number of hydrogen-bond donors (Lipinski definition) is 1. The van der Waals surface area contributed by atoms with Gasteiger partial charge in [-0.15, -0.1) is 0 Å².